The van der Waals surface area contributed by atoms with Crippen molar-refractivity contribution < 1.29 is 9.53 Å². The van der Waals surface area contributed by atoms with Gasteiger partial charge in [-0.25, -0.2) is 0 Å². The number of ketones is 1. The van der Waals surface area contributed by atoms with E-state index in [0.717, 1.165) is 0 Å². The molecule has 0 heterocycles. The average Bonchev–Trinajstić information content (AvgIpc) is 1.91. The number of hydrogen-bond acceptors (Lipinski definition) is 2. The van der Waals surface area contributed by atoms with Gasteiger partial charge in [-0.05, 0) is 13.8 Å². The normalized spacial score (nSPS) is 11.2. The van der Waals surface area contributed by atoms with Crippen molar-refractivity contribution in [1.82, 2.24) is 0 Å². The average molecular weight is 160 g/mol. The first-order chi connectivity index (χ1) is 4.66. The largest absolute Gasteiger partial charge is 0.381 e. The first-order valence-corrected chi connectivity index (χ1v) is 3.69. The Bertz CT molecular complexity index is 87.8. The van der Waals surface area contributed by atoms with Crippen LogP contribution in [0.5, 0.6) is 0 Å². The molecule has 0 N–H and O–H groups in total. The lowest BCUT2D eigenvalue weighted by atomic mass is 10.2. The summed E-state index contributed by atoms with van der Waals surface area (Å²) in [5.41, 5.74) is 0. The van der Waals surface area contributed by atoms with Crippen molar-refractivity contribution in [2.45, 2.75) is 26.4 Å². The Morgan fingerprint density at radius 1 is 1.70 bits per heavy atom. The van der Waals surface area contributed by atoms with Gasteiger partial charge in [-0.2, -0.15) is 9.12 Å². The molecule has 58 valence electrons. The minimum atomic E-state index is 0.0764. The zero-order valence-corrected chi connectivity index (χ0v) is 7.91. The predicted octanol–water partition coefficient (Wildman–Crippen LogP) is 0.945. The van der Waals surface area contributed by atoms with E-state index in [1.807, 2.05) is 16.0 Å². The van der Waals surface area contributed by atoms with E-state index >= 15 is 0 Å². The number of rotatable bonds is 3. The molecule has 0 spiro atoms. The number of methoxy groups -OCH3 is 1. The third-order valence-corrected chi connectivity index (χ3v) is 0.977. The maximum absolute atomic E-state index is 10.3. The minimum absolute atomic E-state index is 0.0764. The Morgan fingerprint density at radius 3 is 2.20 bits per heavy atom. The number of hydrogen-bond donors (Lipinski definition) is 0. The van der Waals surface area contributed by atoms with Gasteiger partial charge in [0.15, 0.2) is 0 Å². The fourth-order valence-corrected chi connectivity index (χ4v) is 0.488. The lowest BCUT2D eigenvalue weighted by Crippen LogP contribution is -2.08. The van der Waals surface area contributed by atoms with Crippen molar-refractivity contribution in [1.29, 1.82) is 0 Å². The van der Waals surface area contributed by atoms with Gasteiger partial charge in [0.05, 0.1) is 13.7 Å². The first-order valence-electron chi connectivity index (χ1n) is 3.02. The van der Waals surface area contributed by atoms with Gasteiger partial charge in [0, 0.05) is 13.5 Å². The predicted molar refractivity (Wildman–Crippen MR) is 47.2 cm³/mol. The molecule has 0 saturated carbocycles. The van der Waals surface area contributed by atoms with Gasteiger partial charge in [0.1, 0.15) is 5.78 Å². The smallest absolute Gasteiger partial charge is 0.132 e. The summed E-state index contributed by atoms with van der Waals surface area (Å²) in [6, 6.07) is 0. The lowest BCUT2D eigenvalue weighted by Gasteiger charge is -2.03. The summed E-state index contributed by atoms with van der Waals surface area (Å²) in [6.45, 7) is 3.44. The van der Waals surface area contributed by atoms with Gasteiger partial charge in [0.25, 0.3) is 0 Å². The second kappa shape index (κ2) is 9.12. The van der Waals surface area contributed by atoms with E-state index in [9.17, 15) is 4.79 Å². The van der Waals surface area contributed by atoms with E-state index in [1.54, 1.807) is 14.0 Å². The molecule has 0 saturated heterocycles. The molecule has 2 unspecified atom stereocenters. The zero-order chi connectivity index (χ0) is 8.57. The first kappa shape index (κ1) is 12.8. The molecule has 0 rings (SSSR count). The molecule has 0 aliphatic heterocycles. The molecule has 0 aromatic rings. The van der Waals surface area contributed by atoms with Crippen LogP contribution in [-0.2, 0) is 9.53 Å². The Labute approximate surface area is 66.3 Å². The van der Waals surface area contributed by atoms with Crippen LogP contribution in [0.4, 0.5) is 0 Å². The molecular formula is C6H14BO2P. The van der Waals surface area contributed by atoms with E-state index in [-0.39, 0.29) is 11.9 Å². The SMILES string of the molecule is COC(C)CC(C)=O.[B]P. The molecule has 0 aromatic heterocycles. The van der Waals surface area contributed by atoms with Crippen LogP contribution in [0.15, 0.2) is 0 Å². The van der Waals surface area contributed by atoms with Crippen molar-refractivity contribution in [3.8, 4) is 0 Å². The summed E-state index contributed by atoms with van der Waals surface area (Å²) in [6.07, 6.45) is 0.601. The maximum Gasteiger partial charge on any atom is 0.132 e. The van der Waals surface area contributed by atoms with E-state index in [0.29, 0.717) is 6.42 Å². The molecule has 2 atom stereocenters. The van der Waals surface area contributed by atoms with E-state index in [2.05, 4.69) is 7.57 Å². The fraction of sp³-hybridized carbons (Fsp3) is 0.833. The van der Waals surface area contributed by atoms with Crippen LogP contribution >= 0.6 is 9.12 Å². The maximum atomic E-state index is 10.3. The van der Waals surface area contributed by atoms with Crippen molar-refractivity contribution in [3.63, 3.8) is 0 Å². The highest BCUT2D eigenvalue weighted by Crippen LogP contribution is 1.94. The Hall–Kier alpha value is 0.125. The number of Topliss-reactive ketones (excluding diaryl/α,β-unsaturated/α-hetero) is 1. The van der Waals surface area contributed by atoms with Crippen LogP contribution in [0.2, 0.25) is 0 Å². The second-order valence-corrected chi connectivity index (χ2v) is 1.95. The summed E-state index contributed by atoms with van der Waals surface area (Å²) in [5.74, 6) is 0.180. The highest BCUT2D eigenvalue weighted by molar-refractivity contribution is 7.49. The van der Waals surface area contributed by atoms with Crippen LogP contribution in [0.3, 0.4) is 0 Å². The summed E-state index contributed by atoms with van der Waals surface area (Å²) in [7, 11) is 7.94. The molecule has 2 nitrogen and oxygen atoms in total. The Morgan fingerprint density at radius 2 is 2.10 bits per heavy atom. The van der Waals surface area contributed by atoms with Crippen molar-refractivity contribution in [3.05, 3.63) is 0 Å². The lowest BCUT2D eigenvalue weighted by molar-refractivity contribution is -0.119. The fourth-order valence-electron chi connectivity index (χ4n) is 0.488. The van der Waals surface area contributed by atoms with Gasteiger partial charge < -0.3 is 4.74 Å². The van der Waals surface area contributed by atoms with Gasteiger partial charge >= 0.3 is 0 Å². The molecule has 0 amide bonds. The van der Waals surface area contributed by atoms with Gasteiger partial charge in [-0.1, -0.05) is 0 Å². The number of carbonyl (C=O) groups excluding carboxylic acids is 1. The van der Waals surface area contributed by atoms with Crippen LogP contribution in [0.1, 0.15) is 20.3 Å². The Balaban J connectivity index is 0. The molecule has 0 aliphatic carbocycles. The highest BCUT2D eigenvalue weighted by Gasteiger charge is 2.00. The zero-order valence-electron chi connectivity index (χ0n) is 6.76. The molecule has 0 aromatic carbocycles. The summed E-state index contributed by atoms with van der Waals surface area (Å²) in [5, 5.41) is 0. The topological polar surface area (TPSA) is 26.3 Å². The second-order valence-electron chi connectivity index (χ2n) is 1.95. The van der Waals surface area contributed by atoms with Crippen LogP contribution in [0.25, 0.3) is 0 Å². The van der Waals surface area contributed by atoms with Gasteiger partial charge in [0.2, 0.25) is 0 Å². The summed E-state index contributed by atoms with van der Waals surface area (Å²) < 4.78 is 4.84. The molecule has 2 radical (unpaired) electrons. The molecule has 0 aliphatic rings. The van der Waals surface area contributed by atoms with Crippen molar-refractivity contribution >= 4 is 22.5 Å². The molecule has 0 bridgehead atoms. The Kier molecular flexibility index (Phi) is 11.7. The van der Waals surface area contributed by atoms with E-state index in [4.69, 9.17) is 4.74 Å². The van der Waals surface area contributed by atoms with E-state index in [1.165, 1.54) is 0 Å². The third-order valence-electron chi connectivity index (χ3n) is 0.977. The quantitative estimate of drug-likeness (QED) is 0.453. The summed E-state index contributed by atoms with van der Waals surface area (Å²) >= 11 is 0. The molecule has 0 fully saturated rings. The number of ether oxygens (including phenoxy) is 1. The summed E-state index contributed by atoms with van der Waals surface area (Å²) in [4.78, 5) is 10.3. The van der Waals surface area contributed by atoms with Gasteiger partial charge in [-0.3, -0.25) is 4.79 Å². The molecule has 4 heteroatoms. The molecule has 10 heavy (non-hydrogen) atoms. The number of carbonyl (C=O) groups is 1. The van der Waals surface area contributed by atoms with Crippen molar-refractivity contribution in [2.75, 3.05) is 7.11 Å². The van der Waals surface area contributed by atoms with Crippen molar-refractivity contribution in [2.24, 2.45) is 0 Å². The van der Waals surface area contributed by atoms with Crippen LogP contribution in [0, 0.1) is 0 Å². The molecular weight excluding hydrogens is 146 g/mol. The van der Waals surface area contributed by atoms with E-state index < -0.39 is 0 Å². The highest BCUT2D eigenvalue weighted by atomic mass is 31.0. The van der Waals surface area contributed by atoms with Crippen LogP contribution < -0.4 is 0 Å². The standard InChI is InChI=1S/C6H12O2.BH2P/c1-5(7)4-6(2)8-3;1-2/h6H,4H2,1-3H3;2H2. The van der Waals surface area contributed by atoms with Gasteiger partial charge in [-0.15, -0.1) is 0 Å². The monoisotopic (exact) mass is 160 g/mol. The third kappa shape index (κ3) is 11.0. The van der Waals surface area contributed by atoms with Crippen LogP contribution in [-0.4, -0.2) is 26.6 Å². The minimum Gasteiger partial charge on any atom is -0.381 e.